The fraction of sp³-hybridized carbons (Fsp3) is 0.286. The Labute approximate surface area is 211 Å². The zero-order chi connectivity index (χ0) is 25.0. The highest BCUT2D eigenvalue weighted by molar-refractivity contribution is 6.30. The van der Waals surface area contributed by atoms with Crippen LogP contribution in [0, 0.1) is 0 Å². The van der Waals surface area contributed by atoms with Crippen LogP contribution >= 0.6 is 11.6 Å². The normalized spacial score (nSPS) is 11.5. The van der Waals surface area contributed by atoms with E-state index in [4.69, 9.17) is 21.1 Å². The lowest BCUT2D eigenvalue weighted by Gasteiger charge is -2.32. The van der Waals surface area contributed by atoms with Gasteiger partial charge in [0.25, 0.3) is 0 Å². The van der Waals surface area contributed by atoms with E-state index < -0.39 is 6.04 Å². The third kappa shape index (κ3) is 7.84. The summed E-state index contributed by atoms with van der Waals surface area (Å²) in [5.41, 5.74) is 2.46. The number of nitrogens with zero attached hydrogens (tertiary/aromatic N) is 1. The Kier molecular flexibility index (Phi) is 10.1. The lowest BCUT2D eigenvalue weighted by Crippen LogP contribution is -2.44. The van der Waals surface area contributed by atoms with Gasteiger partial charge in [-0.3, -0.25) is 9.59 Å². The number of hydrogen-bond acceptors (Lipinski definition) is 4. The van der Waals surface area contributed by atoms with E-state index in [0.717, 1.165) is 22.4 Å². The molecule has 0 fully saturated rings. The summed E-state index contributed by atoms with van der Waals surface area (Å²) in [5, 5.41) is 3.58. The first kappa shape index (κ1) is 26.3. The quantitative estimate of drug-likeness (QED) is 0.367. The van der Waals surface area contributed by atoms with Crippen molar-refractivity contribution in [2.45, 2.75) is 25.4 Å². The molecule has 0 radical (unpaired) electrons. The highest BCUT2D eigenvalue weighted by Crippen LogP contribution is 2.26. The van der Waals surface area contributed by atoms with Crippen LogP contribution < -0.4 is 10.1 Å². The van der Waals surface area contributed by atoms with Crippen LogP contribution in [0.3, 0.4) is 0 Å². The molecule has 1 atom stereocenters. The van der Waals surface area contributed by atoms with Crippen LogP contribution in [-0.4, -0.2) is 44.1 Å². The smallest absolute Gasteiger partial charge is 0.247 e. The molecule has 3 aromatic carbocycles. The largest absolute Gasteiger partial charge is 0.497 e. The maximum atomic E-state index is 13.7. The molecule has 0 saturated heterocycles. The number of carbonyl (C=O) groups is 2. The van der Waals surface area contributed by atoms with Crippen molar-refractivity contribution in [3.05, 3.63) is 101 Å². The highest BCUT2D eigenvalue weighted by Gasteiger charge is 2.31. The van der Waals surface area contributed by atoms with Crippen molar-refractivity contribution in [1.82, 2.24) is 10.2 Å². The number of nitrogens with one attached hydrogen (secondary N) is 1. The summed E-state index contributed by atoms with van der Waals surface area (Å²) in [6, 6.07) is 23.3. The molecule has 1 N–H and O–H groups in total. The minimum absolute atomic E-state index is 0.146. The average Bonchev–Trinajstić information content (AvgIpc) is 2.88. The van der Waals surface area contributed by atoms with Crippen molar-refractivity contribution >= 4 is 23.4 Å². The second-order valence-electron chi connectivity index (χ2n) is 8.12. The van der Waals surface area contributed by atoms with Gasteiger partial charge in [0.15, 0.2) is 0 Å². The molecule has 0 aliphatic rings. The fourth-order valence-corrected chi connectivity index (χ4v) is 3.89. The van der Waals surface area contributed by atoms with Crippen molar-refractivity contribution < 1.29 is 19.1 Å². The van der Waals surface area contributed by atoms with Gasteiger partial charge in [-0.05, 0) is 47.4 Å². The van der Waals surface area contributed by atoms with Crippen molar-refractivity contribution in [2.75, 3.05) is 27.4 Å². The zero-order valence-corrected chi connectivity index (χ0v) is 20.8. The monoisotopic (exact) mass is 494 g/mol. The Morgan fingerprint density at radius 2 is 1.57 bits per heavy atom. The van der Waals surface area contributed by atoms with Gasteiger partial charge in [0, 0.05) is 31.8 Å². The molecule has 0 unspecified atom stereocenters. The van der Waals surface area contributed by atoms with Crippen LogP contribution in [0.15, 0.2) is 78.9 Å². The maximum absolute atomic E-state index is 13.7. The van der Waals surface area contributed by atoms with E-state index in [1.165, 1.54) is 0 Å². The molecular formula is C28H31ClN2O4. The molecule has 0 saturated carbocycles. The number of rotatable bonds is 12. The van der Waals surface area contributed by atoms with Crippen LogP contribution in [0.2, 0.25) is 5.02 Å². The molecule has 0 spiro atoms. The molecule has 6 nitrogen and oxygen atoms in total. The van der Waals surface area contributed by atoms with E-state index in [1.54, 1.807) is 31.3 Å². The van der Waals surface area contributed by atoms with E-state index in [9.17, 15) is 9.59 Å². The minimum atomic E-state index is -0.791. The molecule has 184 valence electrons. The fourth-order valence-electron chi connectivity index (χ4n) is 3.76. The molecule has 2 amide bonds. The number of benzene rings is 3. The molecule has 0 aromatic heterocycles. The van der Waals surface area contributed by atoms with Crippen molar-refractivity contribution in [2.24, 2.45) is 0 Å². The third-order valence-electron chi connectivity index (χ3n) is 5.60. The summed E-state index contributed by atoms with van der Waals surface area (Å²) in [7, 11) is 3.23. The second kappa shape index (κ2) is 13.5. The molecule has 0 bridgehead atoms. The summed E-state index contributed by atoms with van der Waals surface area (Å²) in [6.45, 7) is 1.26. The van der Waals surface area contributed by atoms with E-state index in [2.05, 4.69) is 5.32 Å². The molecule has 0 heterocycles. The van der Waals surface area contributed by atoms with Gasteiger partial charge in [-0.2, -0.15) is 0 Å². The van der Waals surface area contributed by atoms with Crippen molar-refractivity contribution in [3.8, 4) is 5.75 Å². The van der Waals surface area contributed by atoms with Crippen LogP contribution in [0.4, 0.5) is 0 Å². The van der Waals surface area contributed by atoms with E-state index in [-0.39, 0.29) is 24.8 Å². The van der Waals surface area contributed by atoms with E-state index in [0.29, 0.717) is 24.6 Å². The molecule has 3 aromatic rings. The molecule has 0 aliphatic carbocycles. The Morgan fingerprint density at radius 3 is 2.20 bits per heavy atom. The van der Waals surface area contributed by atoms with Crippen LogP contribution in [0.5, 0.6) is 5.75 Å². The van der Waals surface area contributed by atoms with Gasteiger partial charge in [0.05, 0.1) is 13.5 Å². The first-order valence-corrected chi connectivity index (χ1v) is 11.9. The van der Waals surface area contributed by atoms with E-state index >= 15 is 0 Å². The predicted octanol–water partition coefficient (Wildman–Crippen LogP) is 4.81. The number of carbonyl (C=O) groups excluding carboxylic acids is 2. The predicted molar refractivity (Wildman–Crippen MR) is 137 cm³/mol. The van der Waals surface area contributed by atoms with Crippen molar-refractivity contribution in [1.29, 1.82) is 0 Å². The van der Waals surface area contributed by atoms with Gasteiger partial charge in [-0.1, -0.05) is 66.2 Å². The second-order valence-corrected chi connectivity index (χ2v) is 8.56. The first-order valence-electron chi connectivity index (χ1n) is 11.5. The molecular weight excluding hydrogens is 464 g/mol. The Bertz CT molecular complexity index is 1070. The van der Waals surface area contributed by atoms with Gasteiger partial charge in [0.1, 0.15) is 11.8 Å². The minimum Gasteiger partial charge on any atom is -0.497 e. The van der Waals surface area contributed by atoms with Crippen LogP contribution in [0.1, 0.15) is 29.2 Å². The van der Waals surface area contributed by atoms with Gasteiger partial charge in [-0.25, -0.2) is 0 Å². The van der Waals surface area contributed by atoms with Gasteiger partial charge in [0.2, 0.25) is 11.8 Å². The number of hydrogen-bond donors (Lipinski definition) is 1. The number of amides is 2. The summed E-state index contributed by atoms with van der Waals surface area (Å²) in [5.74, 6) is 0.331. The van der Waals surface area contributed by atoms with Gasteiger partial charge in [-0.15, -0.1) is 0 Å². The summed E-state index contributed by atoms with van der Waals surface area (Å²) in [6.07, 6.45) is 0.828. The van der Waals surface area contributed by atoms with Crippen LogP contribution in [-0.2, 0) is 27.3 Å². The van der Waals surface area contributed by atoms with Gasteiger partial charge < -0.3 is 19.7 Å². The highest BCUT2D eigenvalue weighted by atomic mass is 35.5. The third-order valence-corrected chi connectivity index (χ3v) is 5.85. The lowest BCUT2D eigenvalue weighted by atomic mass is 10.0. The summed E-state index contributed by atoms with van der Waals surface area (Å²) >= 11 is 6.02. The average molecular weight is 495 g/mol. The SMILES string of the molecule is COCCCNC(=O)[C@H](c1ccccc1)N(Cc1ccc(OC)cc1)C(=O)Cc1ccc(Cl)cc1. The Morgan fingerprint density at radius 1 is 0.914 bits per heavy atom. The molecule has 3 rings (SSSR count). The topological polar surface area (TPSA) is 67.9 Å². The maximum Gasteiger partial charge on any atom is 0.247 e. The number of methoxy groups -OCH3 is 2. The molecule has 35 heavy (non-hydrogen) atoms. The Hall–Kier alpha value is -3.35. The Balaban J connectivity index is 1.94. The summed E-state index contributed by atoms with van der Waals surface area (Å²) < 4.78 is 10.4. The van der Waals surface area contributed by atoms with Gasteiger partial charge >= 0.3 is 0 Å². The van der Waals surface area contributed by atoms with E-state index in [1.807, 2.05) is 66.7 Å². The standard InChI is InChI=1S/C28H31ClN2O4/c1-34-18-6-17-30-28(33)27(23-7-4-3-5-8-23)31(20-22-11-15-25(35-2)16-12-22)26(32)19-21-9-13-24(29)14-10-21/h3-5,7-16,27H,6,17-20H2,1-2H3,(H,30,33)/t27-/m0/s1. The van der Waals surface area contributed by atoms with Crippen LogP contribution in [0.25, 0.3) is 0 Å². The summed E-state index contributed by atoms with van der Waals surface area (Å²) in [4.78, 5) is 28.8. The number of halogens is 1. The molecule has 7 heteroatoms. The molecule has 0 aliphatic heterocycles. The first-order chi connectivity index (χ1) is 17.0. The lowest BCUT2D eigenvalue weighted by molar-refractivity contribution is -0.141. The number of ether oxygens (including phenoxy) is 2. The zero-order valence-electron chi connectivity index (χ0n) is 20.1. The van der Waals surface area contributed by atoms with Crippen molar-refractivity contribution in [3.63, 3.8) is 0 Å².